The van der Waals surface area contributed by atoms with Crippen molar-refractivity contribution in [3.05, 3.63) is 35.9 Å². The highest BCUT2D eigenvalue weighted by atomic mass is 16.5. The summed E-state index contributed by atoms with van der Waals surface area (Å²) in [6.45, 7) is 8.36. The summed E-state index contributed by atoms with van der Waals surface area (Å²) >= 11 is 0. The maximum Gasteiger partial charge on any atom is 0.317 e. The van der Waals surface area contributed by atoms with E-state index in [1.165, 1.54) is 37.7 Å². The van der Waals surface area contributed by atoms with Crippen molar-refractivity contribution in [2.75, 3.05) is 39.5 Å². The third-order valence-electron chi connectivity index (χ3n) is 7.63. The minimum atomic E-state index is -0.149. The zero-order valence-corrected chi connectivity index (χ0v) is 21.5. The zero-order chi connectivity index (χ0) is 24.2. The molecular weight excluding hydrogens is 426 g/mol. The first-order chi connectivity index (χ1) is 16.6. The van der Waals surface area contributed by atoms with E-state index in [0.29, 0.717) is 32.2 Å². The van der Waals surface area contributed by atoms with E-state index in [0.717, 1.165) is 38.8 Å². The van der Waals surface area contributed by atoms with Gasteiger partial charge in [-0.15, -0.1) is 0 Å². The topological polar surface area (TPSA) is 76.8 Å². The van der Waals surface area contributed by atoms with Gasteiger partial charge in [0.05, 0.1) is 6.10 Å². The Morgan fingerprint density at radius 2 is 1.94 bits per heavy atom. The van der Waals surface area contributed by atoms with Crippen LogP contribution in [0.1, 0.15) is 83.3 Å². The first-order valence-corrected chi connectivity index (χ1v) is 13.6. The van der Waals surface area contributed by atoms with Crippen LogP contribution < -0.4 is 11.1 Å². The van der Waals surface area contributed by atoms with Crippen LogP contribution in [0.3, 0.4) is 0 Å². The van der Waals surface area contributed by atoms with E-state index in [1.54, 1.807) is 0 Å². The number of nitrogens with one attached hydrogen (secondary N) is 1. The SMILES string of the molecule is CCOCCCO[C@@H](c1ccccc1)[C@]1(C)CCCN(C(=O)NC(CN)CC2CCCCC2)C1. The second kappa shape index (κ2) is 14.1. The van der Waals surface area contributed by atoms with E-state index in [9.17, 15) is 4.79 Å². The number of amides is 2. The Kier molecular flexibility index (Phi) is 11.1. The molecule has 1 aliphatic carbocycles. The number of likely N-dealkylation sites (tertiary alicyclic amines) is 1. The van der Waals surface area contributed by atoms with Crippen molar-refractivity contribution in [3.63, 3.8) is 0 Å². The Morgan fingerprint density at radius 3 is 2.65 bits per heavy atom. The van der Waals surface area contributed by atoms with Gasteiger partial charge in [0.2, 0.25) is 0 Å². The van der Waals surface area contributed by atoms with Crippen molar-refractivity contribution in [2.45, 2.75) is 83.8 Å². The van der Waals surface area contributed by atoms with Gasteiger partial charge < -0.3 is 25.4 Å². The molecule has 192 valence electrons. The van der Waals surface area contributed by atoms with Crippen LogP contribution in [-0.2, 0) is 9.47 Å². The van der Waals surface area contributed by atoms with Gasteiger partial charge in [-0.3, -0.25) is 0 Å². The van der Waals surface area contributed by atoms with E-state index < -0.39 is 0 Å². The molecule has 3 rings (SSSR count). The summed E-state index contributed by atoms with van der Waals surface area (Å²) in [6.07, 6.45) is 10.3. The quantitative estimate of drug-likeness (QED) is 0.405. The highest BCUT2D eigenvalue weighted by molar-refractivity contribution is 5.74. The van der Waals surface area contributed by atoms with E-state index in [-0.39, 0.29) is 23.6 Å². The van der Waals surface area contributed by atoms with Gasteiger partial charge in [-0.05, 0) is 44.1 Å². The van der Waals surface area contributed by atoms with Crippen molar-refractivity contribution in [1.29, 1.82) is 0 Å². The Hall–Kier alpha value is -1.63. The van der Waals surface area contributed by atoms with E-state index in [4.69, 9.17) is 15.2 Å². The van der Waals surface area contributed by atoms with Crippen molar-refractivity contribution in [3.8, 4) is 0 Å². The van der Waals surface area contributed by atoms with Crippen LogP contribution >= 0.6 is 0 Å². The smallest absolute Gasteiger partial charge is 0.317 e. The molecule has 1 aromatic carbocycles. The first-order valence-electron chi connectivity index (χ1n) is 13.6. The number of piperidine rings is 1. The summed E-state index contributed by atoms with van der Waals surface area (Å²) in [4.78, 5) is 15.3. The molecule has 0 spiro atoms. The lowest BCUT2D eigenvalue weighted by atomic mass is 9.74. The summed E-state index contributed by atoms with van der Waals surface area (Å²) < 4.78 is 12.0. The third kappa shape index (κ3) is 7.96. The van der Waals surface area contributed by atoms with Crippen LogP contribution in [0.2, 0.25) is 0 Å². The first kappa shape index (κ1) is 27.0. The van der Waals surface area contributed by atoms with Crippen LogP contribution in [0.15, 0.2) is 30.3 Å². The Labute approximate surface area is 206 Å². The summed E-state index contributed by atoms with van der Waals surface area (Å²) in [5, 5.41) is 3.27. The summed E-state index contributed by atoms with van der Waals surface area (Å²) in [6, 6.07) is 10.6. The fourth-order valence-corrected chi connectivity index (χ4v) is 5.79. The number of hydrogen-bond acceptors (Lipinski definition) is 4. The molecular formula is C28H47N3O3. The summed E-state index contributed by atoms with van der Waals surface area (Å²) in [5.74, 6) is 0.696. The van der Waals surface area contributed by atoms with Gasteiger partial charge in [0.15, 0.2) is 0 Å². The normalized spacial score (nSPS) is 23.4. The molecule has 3 N–H and O–H groups in total. The fourth-order valence-electron chi connectivity index (χ4n) is 5.79. The predicted octanol–water partition coefficient (Wildman–Crippen LogP) is 5.28. The largest absolute Gasteiger partial charge is 0.382 e. The van der Waals surface area contributed by atoms with E-state index in [1.807, 2.05) is 17.9 Å². The zero-order valence-electron chi connectivity index (χ0n) is 21.5. The van der Waals surface area contributed by atoms with Crippen LogP contribution in [0, 0.1) is 11.3 Å². The lowest BCUT2D eigenvalue weighted by molar-refractivity contribution is -0.0671. The monoisotopic (exact) mass is 473 g/mol. The van der Waals surface area contributed by atoms with Gasteiger partial charge in [0, 0.05) is 50.9 Å². The lowest BCUT2D eigenvalue weighted by Crippen LogP contribution is -2.54. The number of nitrogens with zero attached hydrogens (tertiary/aromatic N) is 1. The summed E-state index contributed by atoms with van der Waals surface area (Å²) in [5.41, 5.74) is 7.10. The average molecular weight is 474 g/mol. The molecule has 6 nitrogen and oxygen atoms in total. The van der Waals surface area contributed by atoms with Gasteiger partial charge in [-0.25, -0.2) is 4.79 Å². The Bertz CT molecular complexity index is 710. The number of urea groups is 1. The molecule has 1 aliphatic heterocycles. The molecule has 1 unspecified atom stereocenters. The average Bonchev–Trinajstić information content (AvgIpc) is 2.86. The van der Waals surface area contributed by atoms with Crippen molar-refractivity contribution >= 4 is 6.03 Å². The number of ether oxygens (including phenoxy) is 2. The molecule has 1 saturated carbocycles. The van der Waals surface area contributed by atoms with Crippen LogP contribution in [0.4, 0.5) is 4.79 Å². The highest BCUT2D eigenvalue weighted by Crippen LogP contribution is 2.43. The van der Waals surface area contributed by atoms with Gasteiger partial charge >= 0.3 is 6.03 Å². The second-order valence-corrected chi connectivity index (χ2v) is 10.5. The number of nitrogens with two attached hydrogens (primary N) is 1. The molecule has 0 bridgehead atoms. The Balaban J connectivity index is 1.62. The predicted molar refractivity (Wildman–Crippen MR) is 138 cm³/mol. The number of rotatable bonds is 12. The molecule has 0 radical (unpaired) electrons. The number of benzene rings is 1. The number of carbonyl (C=O) groups is 1. The van der Waals surface area contributed by atoms with Crippen LogP contribution in [0.5, 0.6) is 0 Å². The molecule has 0 aromatic heterocycles. The van der Waals surface area contributed by atoms with Gasteiger partial charge in [0.1, 0.15) is 0 Å². The number of carbonyl (C=O) groups excluding carboxylic acids is 1. The molecule has 1 heterocycles. The maximum absolute atomic E-state index is 13.3. The minimum Gasteiger partial charge on any atom is -0.382 e. The number of hydrogen-bond donors (Lipinski definition) is 2. The molecule has 2 fully saturated rings. The van der Waals surface area contributed by atoms with Crippen LogP contribution in [-0.4, -0.2) is 56.4 Å². The Morgan fingerprint density at radius 1 is 1.18 bits per heavy atom. The van der Waals surface area contributed by atoms with Crippen molar-refractivity contribution in [2.24, 2.45) is 17.1 Å². The highest BCUT2D eigenvalue weighted by Gasteiger charge is 2.41. The van der Waals surface area contributed by atoms with Gasteiger partial charge in [0.25, 0.3) is 0 Å². The molecule has 1 saturated heterocycles. The molecule has 34 heavy (non-hydrogen) atoms. The van der Waals surface area contributed by atoms with E-state index >= 15 is 0 Å². The molecule has 2 amide bonds. The van der Waals surface area contributed by atoms with Crippen molar-refractivity contribution < 1.29 is 14.3 Å². The minimum absolute atomic E-state index is 0.0281. The summed E-state index contributed by atoms with van der Waals surface area (Å²) in [7, 11) is 0. The fraction of sp³-hybridized carbons (Fsp3) is 0.750. The standard InChI is InChI=1S/C28H47N3O3/c1-3-33-18-11-19-34-26(24-14-8-5-9-15-24)28(2)16-10-17-31(22-28)27(32)30-25(21-29)20-23-12-6-4-7-13-23/h5,8-9,14-15,23,25-26H,3-4,6-7,10-13,16-22,29H2,1-2H3,(H,30,32)/t25?,26-,28+/m0/s1. The van der Waals surface area contributed by atoms with Gasteiger partial charge in [-0.2, -0.15) is 0 Å². The lowest BCUT2D eigenvalue weighted by Gasteiger charge is -2.45. The van der Waals surface area contributed by atoms with Gasteiger partial charge in [-0.1, -0.05) is 69.4 Å². The third-order valence-corrected chi connectivity index (χ3v) is 7.63. The molecule has 2 aliphatic rings. The second-order valence-electron chi connectivity index (χ2n) is 10.5. The maximum atomic E-state index is 13.3. The van der Waals surface area contributed by atoms with E-state index in [2.05, 4.69) is 36.5 Å². The molecule has 1 aromatic rings. The molecule has 6 heteroatoms. The molecule has 3 atom stereocenters. The van der Waals surface area contributed by atoms with Crippen LogP contribution in [0.25, 0.3) is 0 Å². The van der Waals surface area contributed by atoms with Crippen molar-refractivity contribution in [1.82, 2.24) is 10.2 Å².